The summed E-state index contributed by atoms with van der Waals surface area (Å²) >= 11 is 0. The van der Waals surface area contributed by atoms with Crippen molar-refractivity contribution in [2.75, 3.05) is 20.3 Å². The third-order valence-corrected chi connectivity index (χ3v) is 5.04. The zero-order chi connectivity index (χ0) is 25.5. The van der Waals surface area contributed by atoms with Gasteiger partial charge in [0.05, 0.1) is 25.7 Å². The van der Waals surface area contributed by atoms with Gasteiger partial charge >= 0.3 is 11.9 Å². The lowest BCUT2D eigenvalue weighted by molar-refractivity contribution is -0.155. The molecule has 0 aliphatic rings. The Morgan fingerprint density at radius 3 is 2.18 bits per heavy atom. The highest BCUT2D eigenvalue weighted by Crippen LogP contribution is 2.10. The monoisotopic (exact) mass is 474 g/mol. The third-order valence-electron chi connectivity index (χ3n) is 5.04. The number of allylic oxidation sites excluding steroid dienone is 2. The van der Waals surface area contributed by atoms with E-state index in [9.17, 15) is 24.3 Å². The molecular formula is C25H34N2O7. The van der Waals surface area contributed by atoms with Crippen LogP contribution in [0.25, 0.3) is 0 Å². The number of carbonyl (C=O) groups is 4. The van der Waals surface area contributed by atoms with Gasteiger partial charge in [-0.1, -0.05) is 49.4 Å². The van der Waals surface area contributed by atoms with Crippen molar-refractivity contribution in [1.29, 1.82) is 0 Å². The molecule has 0 spiro atoms. The maximum Gasteiger partial charge on any atom is 0.331 e. The van der Waals surface area contributed by atoms with Crippen LogP contribution in [0, 0.1) is 11.8 Å². The standard InChI is InChI=1S/C25H34N2O7/c1-5-10-17(3)24(31)34-16-21(25(32)33-4)27-23(30)20(11-6-2)22(29)26-19(15-28)14-18-12-8-7-9-13-18/h5-9,12-13,17,19-21,28H,1-2,10-11,14-16H2,3-4H3,(H,26,29)(H,27,30)/t17-,19+,20?,21+/m0/s1. The van der Waals surface area contributed by atoms with E-state index in [4.69, 9.17) is 4.74 Å². The smallest absolute Gasteiger partial charge is 0.331 e. The van der Waals surface area contributed by atoms with Gasteiger partial charge < -0.3 is 25.2 Å². The fourth-order valence-electron chi connectivity index (χ4n) is 3.10. The van der Waals surface area contributed by atoms with Crippen LogP contribution in [0.1, 0.15) is 25.3 Å². The van der Waals surface area contributed by atoms with Crippen LogP contribution in [0.5, 0.6) is 0 Å². The summed E-state index contributed by atoms with van der Waals surface area (Å²) < 4.78 is 9.82. The maximum atomic E-state index is 12.9. The highest BCUT2D eigenvalue weighted by molar-refractivity contribution is 6.01. The lowest BCUT2D eigenvalue weighted by atomic mass is 10.0. The van der Waals surface area contributed by atoms with E-state index in [-0.39, 0.29) is 13.0 Å². The van der Waals surface area contributed by atoms with Crippen LogP contribution in [-0.2, 0) is 35.1 Å². The fraction of sp³-hybridized carbons (Fsp3) is 0.440. The van der Waals surface area contributed by atoms with Gasteiger partial charge in [0.15, 0.2) is 6.04 Å². The molecule has 1 aromatic carbocycles. The van der Waals surface area contributed by atoms with Crippen LogP contribution in [-0.4, -0.2) is 61.3 Å². The molecule has 2 amide bonds. The molecule has 1 unspecified atom stereocenters. The summed E-state index contributed by atoms with van der Waals surface area (Å²) in [6.45, 7) is 8.01. The molecule has 0 aliphatic heterocycles. The Bertz CT molecular complexity index is 841. The van der Waals surface area contributed by atoms with Gasteiger partial charge in [-0.15, -0.1) is 13.2 Å². The largest absolute Gasteiger partial charge is 0.467 e. The summed E-state index contributed by atoms with van der Waals surface area (Å²) in [5.74, 6) is -4.47. The van der Waals surface area contributed by atoms with Crippen molar-refractivity contribution in [2.24, 2.45) is 11.8 Å². The van der Waals surface area contributed by atoms with Crippen LogP contribution < -0.4 is 10.6 Å². The minimum atomic E-state index is -1.30. The number of benzene rings is 1. The molecule has 0 aliphatic carbocycles. The Morgan fingerprint density at radius 2 is 1.62 bits per heavy atom. The lowest BCUT2D eigenvalue weighted by Gasteiger charge is -2.23. The number of methoxy groups -OCH3 is 1. The molecule has 0 heterocycles. The Kier molecular flexibility index (Phi) is 12.9. The molecule has 0 fully saturated rings. The van der Waals surface area contributed by atoms with E-state index in [1.165, 1.54) is 6.08 Å². The highest BCUT2D eigenvalue weighted by atomic mass is 16.5. The topological polar surface area (TPSA) is 131 Å². The molecule has 9 nitrogen and oxygen atoms in total. The summed E-state index contributed by atoms with van der Waals surface area (Å²) in [6, 6.07) is 7.36. The molecule has 186 valence electrons. The predicted molar refractivity (Wildman–Crippen MR) is 126 cm³/mol. The van der Waals surface area contributed by atoms with E-state index in [1.54, 1.807) is 13.0 Å². The second kappa shape index (κ2) is 15.4. The minimum absolute atomic E-state index is 0.00873. The van der Waals surface area contributed by atoms with Gasteiger partial charge in [0.25, 0.3) is 0 Å². The van der Waals surface area contributed by atoms with Gasteiger partial charge in [-0.25, -0.2) is 4.79 Å². The Hall–Kier alpha value is -3.46. The van der Waals surface area contributed by atoms with E-state index >= 15 is 0 Å². The van der Waals surface area contributed by atoms with Crippen LogP contribution >= 0.6 is 0 Å². The molecule has 9 heteroatoms. The van der Waals surface area contributed by atoms with Gasteiger partial charge in [0, 0.05) is 0 Å². The molecule has 0 bridgehead atoms. The number of rotatable bonds is 15. The first-order chi connectivity index (χ1) is 16.3. The van der Waals surface area contributed by atoms with Crippen molar-refractivity contribution < 1.29 is 33.8 Å². The van der Waals surface area contributed by atoms with Crippen LogP contribution in [0.15, 0.2) is 55.6 Å². The lowest BCUT2D eigenvalue weighted by Crippen LogP contribution is -2.51. The average molecular weight is 475 g/mol. The van der Waals surface area contributed by atoms with E-state index in [1.807, 2.05) is 30.3 Å². The van der Waals surface area contributed by atoms with E-state index < -0.39 is 54.3 Å². The van der Waals surface area contributed by atoms with E-state index in [2.05, 4.69) is 28.5 Å². The van der Waals surface area contributed by atoms with Gasteiger partial charge in [-0.3, -0.25) is 14.4 Å². The zero-order valence-corrected chi connectivity index (χ0v) is 19.7. The SMILES string of the molecule is C=CCC(C(=O)N[C@@H](CO)Cc1ccccc1)C(=O)N[C@H](COC(=O)[C@@H](C)CC=C)C(=O)OC. The van der Waals surface area contributed by atoms with Crippen molar-refractivity contribution in [2.45, 2.75) is 38.3 Å². The average Bonchev–Trinajstić information content (AvgIpc) is 2.84. The Morgan fingerprint density at radius 1 is 1.00 bits per heavy atom. The van der Waals surface area contributed by atoms with Gasteiger partial charge in [-0.2, -0.15) is 0 Å². The van der Waals surface area contributed by atoms with Crippen molar-refractivity contribution in [3.63, 3.8) is 0 Å². The van der Waals surface area contributed by atoms with Crippen molar-refractivity contribution in [1.82, 2.24) is 10.6 Å². The molecule has 3 N–H and O–H groups in total. The first-order valence-corrected chi connectivity index (χ1v) is 11.0. The van der Waals surface area contributed by atoms with Crippen LogP contribution in [0.2, 0.25) is 0 Å². The van der Waals surface area contributed by atoms with Gasteiger partial charge in [-0.05, 0) is 24.8 Å². The van der Waals surface area contributed by atoms with Crippen LogP contribution in [0.3, 0.4) is 0 Å². The predicted octanol–water partition coefficient (Wildman–Crippen LogP) is 1.31. The van der Waals surface area contributed by atoms with Crippen molar-refractivity contribution in [3.8, 4) is 0 Å². The first-order valence-electron chi connectivity index (χ1n) is 11.0. The zero-order valence-electron chi connectivity index (χ0n) is 19.7. The second-order valence-corrected chi connectivity index (χ2v) is 7.79. The molecule has 0 saturated carbocycles. The number of carbonyl (C=O) groups excluding carboxylic acids is 4. The maximum absolute atomic E-state index is 12.9. The summed E-state index contributed by atoms with van der Waals surface area (Å²) in [5.41, 5.74) is 0.907. The number of nitrogens with one attached hydrogen (secondary N) is 2. The first kappa shape index (κ1) is 28.6. The minimum Gasteiger partial charge on any atom is -0.467 e. The molecular weight excluding hydrogens is 440 g/mol. The van der Waals surface area contributed by atoms with E-state index in [0.717, 1.165) is 12.7 Å². The number of aliphatic hydroxyl groups excluding tert-OH is 1. The van der Waals surface area contributed by atoms with Crippen LogP contribution in [0.4, 0.5) is 0 Å². The number of ether oxygens (including phenoxy) is 2. The number of hydrogen-bond acceptors (Lipinski definition) is 7. The molecule has 0 saturated heterocycles. The number of esters is 2. The van der Waals surface area contributed by atoms with Crippen molar-refractivity contribution in [3.05, 3.63) is 61.2 Å². The quantitative estimate of drug-likeness (QED) is 0.198. The van der Waals surface area contributed by atoms with Gasteiger partial charge in [0.1, 0.15) is 12.5 Å². The number of amides is 2. The van der Waals surface area contributed by atoms with Gasteiger partial charge in [0.2, 0.25) is 11.8 Å². The molecule has 4 atom stereocenters. The highest BCUT2D eigenvalue weighted by Gasteiger charge is 2.32. The summed E-state index contributed by atoms with van der Waals surface area (Å²) in [5, 5.41) is 14.8. The Labute approximate surface area is 200 Å². The normalized spacial score (nSPS) is 14.0. The molecule has 0 radical (unpaired) electrons. The number of aliphatic hydroxyl groups is 1. The summed E-state index contributed by atoms with van der Waals surface area (Å²) in [7, 11) is 1.13. The second-order valence-electron chi connectivity index (χ2n) is 7.79. The summed E-state index contributed by atoms with van der Waals surface area (Å²) in [6.07, 6.45) is 3.73. The fourth-order valence-corrected chi connectivity index (χ4v) is 3.10. The Balaban J connectivity index is 2.85. The summed E-state index contributed by atoms with van der Waals surface area (Å²) in [4.78, 5) is 49.9. The molecule has 1 aromatic rings. The molecule has 34 heavy (non-hydrogen) atoms. The molecule has 1 rings (SSSR count). The van der Waals surface area contributed by atoms with E-state index in [0.29, 0.717) is 12.8 Å². The molecule has 0 aromatic heterocycles. The van der Waals surface area contributed by atoms with Crippen molar-refractivity contribution >= 4 is 23.8 Å². The third kappa shape index (κ3) is 9.58. The number of hydrogen-bond donors (Lipinski definition) is 3.